The molecule has 2 N–H and O–H groups in total. The molecule has 0 amide bonds. The summed E-state index contributed by atoms with van der Waals surface area (Å²) >= 11 is 0. The number of rotatable bonds is 34. The third-order valence-electron chi connectivity index (χ3n) is 10.7. The fraction of sp³-hybridized carbons (Fsp3) is 0.907. The first-order valence-electron chi connectivity index (χ1n) is 21.1. The van der Waals surface area contributed by atoms with Crippen molar-refractivity contribution in [2.24, 2.45) is 5.41 Å². The zero-order valence-corrected chi connectivity index (χ0v) is 32.1. The van der Waals surface area contributed by atoms with E-state index in [1.807, 2.05) is 4.90 Å². The van der Waals surface area contributed by atoms with Gasteiger partial charge in [-0.25, -0.2) is 4.90 Å². The molecule has 1 fully saturated rings. The van der Waals surface area contributed by atoms with Crippen LogP contribution in [0.25, 0.3) is 0 Å². The van der Waals surface area contributed by atoms with Gasteiger partial charge in [-0.05, 0) is 64.2 Å². The minimum Gasteiger partial charge on any atom is -0.379 e. The first-order valence-corrected chi connectivity index (χ1v) is 21.1. The van der Waals surface area contributed by atoms with Gasteiger partial charge in [-0.1, -0.05) is 173 Å². The molecule has 0 saturated carbocycles. The topological polar surface area (TPSA) is 52.9 Å². The number of hydrogen-bond acceptors (Lipinski definition) is 4. The molecule has 0 unspecified atom stereocenters. The highest BCUT2D eigenvalue weighted by molar-refractivity contribution is 4.89. The van der Waals surface area contributed by atoms with E-state index in [9.17, 15) is 10.2 Å². The summed E-state index contributed by atoms with van der Waals surface area (Å²) < 4.78 is 5.52. The standard InChI is InChI=1S/C43H83NO3/c1-4-6-8-10-12-14-16-18-20-22-24-26-28-30-32-34-36-42(3,43(45,46)44-38-40-47-41-39-44)37-35-33-31-29-27-25-23-21-19-17-15-13-11-9-7-5-2/h18-21,45-46H,4-17,22-41H2,1-3H3/b20-18-,21-19-. The predicted molar refractivity (Wildman–Crippen MR) is 206 cm³/mol. The number of unbranched alkanes of at least 4 members (excludes halogenated alkanes) is 24. The Balaban J connectivity index is 2.22. The van der Waals surface area contributed by atoms with Crippen molar-refractivity contribution in [3.8, 4) is 0 Å². The molecule has 0 atom stereocenters. The van der Waals surface area contributed by atoms with Gasteiger partial charge in [-0.2, -0.15) is 0 Å². The molecule has 0 aromatic heterocycles. The summed E-state index contributed by atoms with van der Waals surface area (Å²) in [6.07, 6.45) is 47.8. The Morgan fingerprint density at radius 3 is 1.11 bits per heavy atom. The van der Waals surface area contributed by atoms with Crippen molar-refractivity contribution in [1.29, 1.82) is 0 Å². The summed E-state index contributed by atoms with van der Waals surface area (Å²) in [5, 5.41) is 23.0. The molecule has 0 spiro atoms. The lowest BCUT2D eigenvalue weighted by atomic mass is 9.75. The second-order valence-corrected chi connectivity index (χ2v) is 15.2. The summed E-state index contributed by atoms with van der Waals surface area (Å²) in [4.78, 5) is 1.87. The van der Waals surface area contributed by atoms with Crippen LogP contribution in [0, 0.1) is 5.41 Å². The SMILES string of the molecule is CCCCCCCC/C=C\CCCCCCCCC(C)(CCCCCCCC/C=C\CCCCCCCC)C(O)(O)N1CCOCC1. The molecule has 1 rings (SSSR count). The van der Waals surface area contributed by atoms with Crippen molar-refractivity contribution in [3.63, 3.8) is 0 Å². The third-order valence-corrected chi connectivity index (χ3v) is 10.7. The molecule has 4 nitrogen and oxygen atoms in total. The maximum Gasteiger partial charge on any atom is 0.230 e. The fourth-order valence-corrected chi connectivity index (χ4v) is 7.24. The Morgan fingerprint density at radius 1 is 0.468 bits per heavy atom. The first-order chi connectivity index (χ1) is 23.0. The van der Waals surface area contributed by atoms with Crippen molar-refractivity contribution in [3.05, 3.63) is 24.3 Å². The maximum atomic E-state index is 11.5. The summed E-state index contributed by atoms with van der Waals surface area (Å²) in [6.45, 7) is 9.07. The van der Waals surface area contributed by atoms with Gasteiger partial charge in [0.05, 0.1) is 13.2 Å². The largest absolute Gasteiger partial charge is 0.379 e. The van der Waals surface area contributed by atoms with Gasteiger partial charge in [-0.3, -0.25) is 0 Å². The fourth-order valence-electron chi connectivity index (χ4n) is 7.24. The molecule has 0 aromatic rings. The highest BCUT2D eigenvalue weighted by Crippen LogP contribution is 2.42. The minimum absolute atomic E-state index is 0.508. The number of allylic oxidation sites excluding steroid dienone is 4. The Kier molecular flexibility index (Phi) is 29.5. The van der Waals surface area contributed by atoms with Gasteiger partial charge in [0, 0.05) is 18.5 Å². The summed E-state index contributed by atoms with van der Waals surface area (Å²) in [5.41, 5.74) is -0.508. The van der Waals surface area contributed by atoms with Crippen LogP contribution in [0.15, 0.2) is 24.3 Å². The quantitative estimate of drug-likeness (QED) is 0.0409. The van der Waals surface area contributed by atoms with Gasteiger partial charge < -0.3 is 14.9 Å². The van der Waals surface area contributed by atoms with Crippen molar-refractivity contribution >= 4 is 0 Å². The lowest BCUT2D eigenvalue weighted by Crippen LogP contribution is -2.62. The molecule has 0 bridgehead atoms. The molecular weight excluding hydrogens is 578 g/mol. The van der Waals surface area contributed by atoms with Gasteiger partial charge >= 0.3 is 0 Å². The summed E-state index contributed by atoms with van der Waals surface area (Å²) in [6, 6.07) is 0. The zero-order valence-electron chi connectivity index (χ0n) is 32.1. The van der Waals surface area contributed by atoms with Crippen LogP contribution in [0.4, 0.5) is 0 Å². The normalized spacial score (nSPS) is 15.1. The molecule has 0 aromatic carbocycles. The summed E-state index contributed by atoms with van der Waals surface area (Å²) in [7, 11) is 0. The second-order valence-electron chi connectivity index (χ2n) is 15.2. The van der Waals surface area contributed by atoms with Crippen molar-refractivity contribution in [1.82, 2.24) is 4.90 Å². The summed E-state index contributed by atoms with van der Waals surface area (Å²) in [5.74, 6) is -1.76. The first kappa shape index (κ1) is 44.3. The highest BCUT2D eigenvalue weighted by atomic mass is 16.5. The Labute approximate surface area is 294 Å². The lowest BCUT2D eigenvalue weighted by Gasteiger charge is -2.49. The smallest absolute Gasteiger partial charge is 0.230 e. The number of nitrogens with zero attached hydrogens (tertiary/aromatic N) is 1. The number of ether oxygens (including phenoxy) is 1. The van der Waals surface area contributed by atoms with Crippen LogP contribution in [0.1, 0.15) is 213 Å². The van der Waals surface area contributed by atoms with Crippen LogP contribution in [-0.4, -0.2) is 47.3 Å². The van der Waals surface area contributed by atoms with Gasteiger partial charge in [0.1, 0.15) is 0 Å². The Morgan fingerprint density at radius 2 is 0.766 bits per heavy atom. The van der Waals surface area contributed by atoms with Gasteiger partial charge in [0.25, 0.3) is 0 Å². The van der Waals surface area contributed by atoms with Crippen LogP contribution in [0.2, 0.25) is 0 Å². The molecule has 0 aliphatic carbocycles. The molecule has 0 radical (unpaired) electrons. The molecule has 4 heteroatoms. The van der Waals surface area contributed by atoms with Crippen molar-refractivity contribution < 1.29 is 14.9 Å². The average molecular weight is 662 g/mol. The van der Waals surface area contributed by atoms with Crippen LogP contribution >= 0.6 is 0 Å². The van der Waals surface area contributed by atoms with E-state index in [4.69, 9.17) is 4.74 Å². The van der Waals surface area contributed by atoms with E-state index in [0.29, 0.717) is 26.3 Å². The number of morpholine rings is 1. The van der Waals surface area contributed by atoms with Gasteiger partial charge in [0.15, 0.2) is 0 Å². The van der Waals surface area contributed by atoms with E-state index in [-0.39, 0.29) is 0 Å². The molecular formula is C43H83NO3. The maximum absolute atomic E-state index is 11.5. The molecule has 47 heavy (non-hydrogen) atoms. The predicted octanol–water partition coefficient (Wildman–Crippen LogP) is 12.8. The van der Waals surface area contributed by atoms with Gasteiger partial charge in [-0.15, -0.1) is 0 Å². The third kappa shape index (κ3) is 23.4. The average Bonchev–Trinajstić information content (AvgIpc) is 3.08. The van der Waals surface area contributed by atoms with Crippen LogP contribution in [0.5, 0.6) is 0 Å². The lowest BCUT2D eigenvalue weighted by molar-refractivity contribution is -0.338. The van der Waals surface area contributed by atoms with Crippen molar-refractivity contribution in [2.75, 3.05) is 26.3 Å². The Bertz CT molecular complexity index is 670. The van der Waals surface area contributed by atoms with E-state index in [0.717, 1.165) is 25.7 Å². The second kappa shape index (κ2) is 31.3. The highest BCUT2D eigenvalue weighted by Gasteiger charge is 2.49. The van der Waals surface area contributed by atoms with Crippen LogP contribution in [-0.2, 0) is 4.74 Å². The molecule has 278 valence electrons. The van der Waals surface area contributed by atoms with E-state index in [1.54, 1.807) is 0 Å². The van der Waals surface area contributed by atoms with E-state index in [1.165, 1.54) is 167 Å². The van der Waals surface area contributed by atoms with Gasteiger partial charge in [0.2, 0.25) is 5.91 Å². The number of hydrogen-bond donors (Lipinski definition) is 2. The molecule has 1 heterocycles. The van der Waals surface area contributed by atoms with Crippen molar-refractivity contribution in [2.45, 2.75) is 219 Å². The molecule has 1 saturated heterocycles. The molecule has 1 aliphatic rings. The number of aliphatic hydroxyl groups is 2. The van der Waals surface area contributed by atoms with E-state index < -0.39 is 11.3 Å². The molecule has 1 aliphatic heterocycles. The minimum atomic E-state index is -1.76. The monoisotopic (exact) mass is 662 g/mol. The van der Waals surface area contributed by atoms with Crippen LogP contribution < -0.4 is 0 Å². The van der Waals surface area contributed by atoms with E-state index in [2.05, 4.69) is 45.1 Å². The van der Waals surface area contributed by atoms with Crippen LogP contribution in [0.3, 0.4) is 0 Å². The van der Waals surface area contributed by atoms with E-state index >= 15 is 0 Å². The Hall–Kier alpha value is -0.680. The zero-order chi connectivity index (χ0) is 34.2.